The summed E-state index contributed by atoms with van der Waals surface area (Å²) in [6.45, 7) is 2.20. The summed E-state index contributed by atoms with van der Waals surface area (Å²) in [6.07, 6.45) is -1.37. The smallest absolute Gasteiger partial charge is 0.407 e. The number of hydrogen-bond donors (Lipinski definition) is 1. The molecule has 2 heterocycles. The SMILES string of the molecule is CCOC(=O)[C@H]1[C@H](NC(=O)OCc2ccccc2)[C@@H]2O[C@H]1c1ccccc12. The molecule has 6 heteroatoms. The van der Waals surface area contributed by atoms with Gasteiger partial charge in [-0.3, -0.25) is 4.79 Å². The summed E-state index contributed by atoms with van der Waals surface area (Å²) in [5.41, 5.74) is 2.87. The second-order valence-corrected chi connectivity index (χ2v) is 6.62. The molecule has 0 unspecified atom stereocenters. The lowest BCUT2D eigenvalue weighted by Gasteiger charge is -2.28. The van der Waals surface area contributed by atoms with Gasteiger partial charge in [0.25, 0.3) is 0 Å². The molecule has 0 spiro atoms. The second-order valence-electron chi connectivity index (χ2n) is 6.62. The molecule has 4 rings (SSSR count). The first-order valence-electron chi connectivity index (χ1n) is 9.07. The molecule has 2 bridgehead atoms. The van der Waals surface area contributed by atoms with Gasteiger partial charge in [-0.05, 0) is 23.6 Å². The number of ether oxygens (including phenoxy) is 3. The van der Waals surface area contributed by atoms with Gasteiger partial charge in [-0.2, -0.15) is 0 Å². The number of alkyl carbamates (subject to hydrolysis) is 1. The van der Waals surface area contributed by atoms with Crippen LogP contribution >= 0.6 is 0 Å². The van der Waals surface area contributed by atoms with Crippen LogP contribution in [0.5, 0.6) is 0 Å². The normalized spacial score (nSPS) is 24.9. The Hall–Kier alpha value is -2.86. The van der Waals surface area contributed by atoms with Gasteiger partial charge < -0.3 is 19.5 Å². The summed E-state index contributed by atoms with van der Waals surface area (Å²) in [5.74, 6) is -0.956. The number of carbonyl (C=O) groups is 2. The number of amides is 1. The molecule has 1 saturated heterocycles. The fourth-order valence-corrected chi connectivity index (χ4v) is 3.84. The fourth-order valence-electron chi connectivity index (χ4n) is 3.84. The van der Waals surface area contributed by atoms with Crippen LogP contribution in [0.2, 0.25) is 0 Å². The maximum Gasteiger partial charge on any atom is 0.407 e. The van der Waals surface area contributed by atoms with Crippen molar-refractivity contribution in [2.75, 3.05) is 6.61 Å². The highest BCUT2D eigenvalue weighted by atomic mass is 16.6. The highest BCUT2D eigenvalue weighted by molar-refractivity contribution is 5.78. The van der Waals surface area contributed by atoms with E-state index in [9.17, 15) is 9.59 Å². The number of benzene rings is 2. The van der Waals surface area contributed by atoms with Gasteiger partial charge >= 0.3 is 12.1 Å². The van der Waals surface area contributed by atoms with Crippen molar-refractivity contribution in [1.82, 2.24) is 5.32 Å². The van der Waals surface area contributed by atoms with E-state index in [2.05, 4.69) is 5.32 Å². The minimum absolute atomic E-state index is 0.162. The number of esters is 1. The monoisotopic (exact) mass is 367 g/mol. The summed E-state index contributed by atoms with van der Waals surface area (Å²) in [4.78, 5) is 24.9. The predicted octanol–water partition coefficient (Wildman–Crippen LogP) is 3.29. The van der Waals surface area contributed by atoms with Crippen molar-refractivity contribution < 1.29 is 23.8 Å². The van der Waals surface area contributed by atoms with E-state index in [1.54, 1.807) is 6.92 Å². The molecule has 140 valence electrons. The standard InChI is InChI=1S/C21H21NO5/c1-2-25-20(23)16-17(19-15-11-7-6-10-14(15)18(16)27-19)22-21(24)26-12-13-8-4-3-5-9-13/h3-11,16-19H,2,12H2,1H3,(H,22,24)/t16-,17-,18-,19+/m0/s1. The Kier molecular flexibility index (Phi) is 4.81. The maximum absolute atomic E-state index is 12.5. The zero-order chi connectivity index (χ0) is 18.8. The van der Waals surface area contributed by atoms with Crippen molar-refractivity contribution in [3.05, 3.63) is 71.3 Å². The summed E-state index contributed by atoms with van der Waals surface area (Å²) < 4.78 is 16.6. The molecule has 0 saturated carbocycles. The molecule has 0 radical (unpaired) electrons. The quantitative estimate of drug-likeness (QED) is 0.821. The average molecular weight is 367 g/mol. The van der Waals surface area contributed by atoms with Crippen LogP contribution < -0.4 is 5.32 Å². The molecule has 1 amide bonds. The number of fused-ring (bicyclic) bond motifs is 5. The minimum Gasteiger partial charge on any atom is -0.466 e. The lowest BCUT2D eigenvalue weighted by molar-refractivity contribution is -0.150. The second kappa shape index (κ2) is 7.40. The first-order valence-corrected chi connectivity index (χ1v) is 9.07. The molecule has 4 atom stereocenters. The van der Waals surface area contributed by atoms with E-state index in [-0.39, 0.29) is 25.3 Å². The molecule has 1 N–H and O–H groups in total. The van der Waals surface area contributed by atoms with Crippen LogP contribution in [0.15, 0.2) is 54.6 Å². The highest BCUT2D eigenvalue weighted by Gasteiger charge is 2.56. The van der Waals surface area contributed by atoms with Gasteiger partial charge in [-0.25, -0.2) is 4.79 Å². The fraction of sp³-hybridized carbons (Fsp3) is 0.333. The Balaban J connectivity index is 1.50. The van der Waals surface area contributed by atoms with Crippen LogP contribution in [0.1, 0.15) is 35.8 Å². The summed E-state index contributed by atoms with van der Waals surface area (Å²) in [5, 5.41) is 2.82. The summed E-state index contributed by atoms with van der Waals surface area (Å²) in [6, 6.07) is 16.7. The molecule has 2 aliphatic rings. The molecular formula is C21H21NO5. The minimum atomic E-state index is -0.589. The van der Waals surface area contributed by atoms with E-state index in [1.165, 1.54) is 0 Å². The van der Waals surface area contributed by atoms with Crippen LogP contribution in [0.3, 0.4) is 0 Å². The van der Waals surface area contributed by atoms with Gasteiger partial charge in [-0.15, -0.1) is 0 Å². The molecule has 2 aromatic rings. The predicted molar refractivity (Wildman–Crippen MR) is 96.7 cm³/mol. The largest absolute Gasteiger partial charge is 0.466 e. The molecule has 6 nitrogen and oxygen atoms in total. The third-order valence-corrected chi connectivity index (χ3v) is 5.00. The third kappa shape index (κ3) is 3.28. The average Bonchev–Trinajstić information content (AvgIpc) is 3.24. The van der Waals surface area contributed by atoms with Gasteiger partial charge in [0, 0.05) is 0 Å². The summed E-state index contributed by atoms with van der Waals surface area (Å²) >= 11 is 0. The van der Waals surface area contributed by atoms with Crippen molar-refractivity contribution in [3.63, 3.8) is 0 Å². The van der Waals surface area contributed by atoms with E-state index in [0.29, 0.717) is 0 Å². The Morgan fingerprint density at radius 2 is 1.63 bits per heavy atom. The van der Waals surface area contributed by atoms with Crippen molar-refractivity contribution in [2.45, 2.75) is 31.8 Å². The number of rotatable bonds is 5. The molecule has 2 aliphatic heterocycles. The van der Waals surface area contributed by atoms with Crippen molar-refractivity contribution in [1.29, 1.82) is 0 Å². The molecular weight excluding hydrogens is 346 g/mol. The highest BCUT2D eigenvalue weighted by Crippen LogP contribution is 2.54. The molecule has 0 aromatic heterocycles. The van der Waals surface area contributed by atoms with Crippen molar-refractivity contribution in [3.8, 4) is 0 Å². The van der Waals surface area contributed by atoms with Gasteiger partial charge in [0.15, 0.2) is 0 Å². The maximum atomic E-state index is 12.5. The number of hydrogen-bond acceptors (Lipinski definition) is 5. The van der Waals surface area contributed by atoms with E-state index in [4.69, 9.17) is 14.2 Å². The first-order chi connectivity index (χ1) is 13.2. The Bertz CT molecular complexity index is 837. The molecule has 27 heavy (non-hydrogen) atoms. The van der Waals surface area contributed by atoms with Crippen LogP contribution in [0.4, 0.5) is 4.79 Å². The first kappa shape index (κ1) is 17.5. The van der Waals surface area contributed by atoms with E-state index < -0.39 is 24.2 Å². The Labute approximate surface area is 157 Å². The zero-order valence-corrected chi connectivity index (χ0v) is 15.0. The Morgan fingerprint density at radius 3 is 2.33 bits per heavy atom. The number of nitrogens with one attached hydrogen (secondary N) is 1. The lowest BCUT2D eigenvalue weighted by Crippen LogP contribution is -2.46. The van der Waals surface area contributed by atoms with Gasteiger partial charge in [0.05, 0.1) is 18.8 Å². The topological polar surface area (TPSA) is 73.9 Å². The molecule has 1 fully saturated rings. The summed E-state index contributed by atoms with van der Waals surface area (Å²) in [7, 11) is 0. The molecule has 2 aromatic carbocycles. The van der Waals surface area contributed by atoms with Gasteiger partial charge in [-0.1, -0.05) is 54.6 Å². The lowest BCUT2D eigenvalue weighted by atomic mass is 9.80. The van der Waals surface area contributed by atoms with Crippen LogP contribution in [-0.4, -0.2) is 24.7 Å². The van der Waals surface area contributed by atoms with Gasteiger partial charge in [0.2, 0.25) is 0 Å². The zero-order valence-electron chi connectivity index (χ0n) is 15.0. The van der Waals surface area contributed by atoms with Crippen molar-refractivity contribution in [2.24, 2.45) is 5.92 Å². The van der Waals surface area contributed by atoms with Crippen molar-refractivity contribution >= 4 is 12.1 Å². The van der Waals surface area contributed by atoms with Crippen LogP contribution in [-0.2, 0) is 25.6 Å². The van der Waals surface area contributed by atoms with Crippen LogP contribution in [0, 0.1) is 5.92 Å². The van der Waals surface area contributed by atoms with E-state index in [0.717, 1.165) is 16.7 Å². The van der Waals surface area contributed by atoms with Crippen LogP contribution in [0.25, 0.3) is 0 Å². The van der Waals surface area contributed by atoms with E-state index >= 15 is 0 Å². The number of carbonyl (C=O) groups excluding carboxylic acids is 2. The van der Waals surface area contributed by atoms with Gasteiger partial charge in [0.1, 0.15) is 18.6 Å². The van der Waals surface area contributed by atoms with E-state index in [1.807, 2.05) is 54.6 Å². The Morgan fingerprint density at radius 1 is 0.963 bits per heavy atom. The third-order valence-electron chi connectivity index (χ3n) is 5.00. The molecule has 0 aliphatic carbocycles.